The van der Waals surface area contributed by atoms with E-state index in [0.29, 0.717) is 5.41 Å². The molecule has 1 aromatic rings. The molecular weight excluding hydrogens is 324 g/mol. The minimum Gasteiger partial charge on any atom is -0.300 e. The van der Waals surface area contributed by atoms with Crippen LogP contribution in [0.2, 0.25) is 0 Å². The van der Waals surface area contributed by atoms with Crippen LogP contribution in [0.15, 0.2) is 30.3 Å². The van der Waals surface area contributed by atoms with Gasteiger partial charge in [0, 0.05) is 44.6 Å². The summed E-state index contributed by atoms with van der Waals surface area (Å²) in [5.41, 5.74) is 1.81. The summed E-state index contributed by atoms with van der Waals surface area (Å²) in [7, 11) is 0. The summed E-state index contributed by atoms with van der Waals surface area (Å²) < 4.78 is 0. The smallest absolute Gasteiger partial charge is 0.0234 e. The summed E-state index contributed by atoms with van der Waals surface area (Å²) in [6, 6.07) is 10.8. The summed E-state index contributed by atoms with van der Waals surface area (Å²) in [5, 5.41) is 1.10. The first kappa shape index (κ1) is 17.0. The molecule has 0 aliphatic carbocycles. The minimum atomic E-state index is 0.380. The van der Waals surface area contributed by atoms with Crippen molar-refractivity contribution in [3.8, 4) is 0 Å². The van der Waals surface area contributed by atoms with E-state index in [0.717, 1.165) is 17.8 Å². The van der Waals surface area contributed by atoms with Crippen molar-refractivity contribution in [1.82, 2.24) is 9.80 Å². The van der Waals surface area contributed by atoms with Gasteiger partial charge < -0.3 is 4.90 Å². The van der Waals surface area contributed by atoms with E-state index in [4.69, 9.17) is 0 Å². The molecule has 0 N–H and O–H groups in total. The SMILES string of the molecule is CC(C)(C)C(CBr)CN1CCN(Cc2ccccc2)CC1. The Morgan fingerprint density at radius 1 is 1.00 bits per heavy atom. The highest BCUT2D eigenvalue weighted by atomic mass is 79.9. The Balaban J connectivity index is 1.78. The van der Waals surface area contributed by atoms with Gasteiger partial charge in [-0.1, -0.05) is 67.0 Å². The number of halogens is 1. The standard InChI is InChI=1S/C18H29BrN2/c1-18(2,3)17(13-19)15-21-11-9-20(10-12-21)14-16-7-5-4-6-8-16/h4-8,17H,9-15H2,1-3H3. The number of hydrogen-bond acceptors (Lipinski definition) is 2. The molecule has 1 saturated heterocycles. The van der Waals surface area contributed by atoms with Crippen LogP contribution in [0.4, 0.5) is 0 Å². The van der Waals surface area contributed by atoms with Crippen molar-refractivity contribution < 1.29 is 0 Å². The van der Waals surface area contributed by atoms with Crippen LogP contribution in [0.3, 0.4) is 0 Å². The zero-order valence-electron chi connectivity index (χ0n) is 13.7. The van der Waals surface area contributed by atoms with Gasteiger partial charge in [-0.2, -0.15) is 0 Å². The van der Waals surface area contributed by atoms with Gasteiger partial charge in [0.1, 0.15) is 0 Å². The Labute approximate surface area is 138 Å². The van der Waals surface area contributed by atoms with Crippen molar-refractivity contribution in [3.63, 3.8) is 0 Å². The average molecular weight is 353 g/mol. The van der Waals surface area contributed by atoms with Gasteiger partial charge in [0.2, 0.25) is 0 Å². The predicted octanol–water partition coefficient (Wildman–Crippen LogP) is 3.86. The van der Waals surface area contributed by atoms with Crippen molar-refractivity contribution in [3.05, 3.63) is 35.9 Å². The van der Waals surface area contributed by atoms with Crippen LogP contribution in [0, 0.1) is 11.3 Å². The predicted molar refractivity (Wildman–Crippen MR) is 94.9 cm³/mol. The lowest BCUT2D eigenvalue weighted by atomic mass is 9.81. The Morgan fingerprint density at radius 2 is 1.57 bits per heavy atom. The quantitative estimate of drug-likeness (QED) is 0.742. The molecule has 1 aromatic carbocycles. The Kier molecular flexibility index (Phi) is 6.27. The second-order valence-corrected chi connectivity index (χ2v) is 7.93. The third-order valence-electron chi connectivity index (χ3n) is 4.60. The second-order valence-electron chi connectivity index (χ2n) is 7.28. The van der Waals surface area contributed by atoms with Crippen LogP contribution < -0.4 is 0 Å². The Hall–Kier alpha value is -0.380. The fourth-order valence-corrected chi connectivity index (χ4v) is 4.01. The van der Waals surface area contributed by atoms with Crippen LogP contribution in [0.1, 0.15) is 26.3 Å². The molecule has 1 fully saturated rings. The maximum atomic E-state index is 3.70. The molecule has 1 aliphatic rings. The van der Waals surface area contributed by atoms with Crippen molar-refractivity contribution in [1.29, 1.82) is 0 Å². The molecule has 118 valence electrons. The van der Waals surface area contributed by atoms with Gasteiger partial charge in [-0.25, -0.2) is 0 Å². The lowest BCUT2D eigenvalue weighted by Crippen LogP contribution is -2.48. The van der Waals surface area contributed by atoms with Gasteiger partial charge in [0.15, 0.2) is 0 Å². The highest BCUT2D eigenvalue weighted by Crippen LogP contribution is 2.28. The van der Waals surface area contributed by atoms with Gasteiger partial charge in [0.05, 0.1) is 0 Å². The number of nitrogens with zero attached hydrogens (tertiary/aromatic N) is 2. The van der Waals surface area contributed by atoms with Crippen molar-refractivity contribution in [2.45, 2.75) is 27.3 Å². The Morgan fingerprint density at radius 3 is 2.10 bits per heavy atom. The molecular formula is C18H29BrN2. The van der Waals surface area contributed by atoms with Gasteiger partial charge in [0.25, 0.3) is 0 Å². The first-order valence-corrected chi connectivity index (χ1v) is 9.16. The summed E-state index contributed by atoms with van der Waals surface area (Å²) in [6.07, 6.45) is 0. The lowest BCUT2D eigenvalue weighted by Gasteiger charge is -2.39. The fourth-order valence-electron chi connectivity index (χ4n) is 2.84. The summed E-state index contributed by atoms with van der Waals surface area (Å²) >= 11 is 3.70. The van der Waals surface area contributed by atoms with Crippen LogP contribution >= 0.6 is 15.9 Å². The van der Waals surface area contributed by atoms with E-state index in [1.54, 1.807) is 0 Å². The molecule has 21 heavy (non-hydrogen) atoms. The van der Waals surface area contributed by atoms with Gasteiger partial charge in [-0.05, 0) is 16.9 Å². The average Bonchev–Trinajstić information content (AvgIpc) is 2.46. The molecule has 3 heteroatoms. The van der Waals surface area contributed by atoms with Gasteiger partial charge in [-0.3, -0.25) is 4.90 Å². The van der Waals surface area contributed by atoms with Crippen molar-refractivity contribution >= 4 is 15.9 Å². The van der Waals surface area contributed by atoms with E-state index >= 15 is 0 Å². The highest BCUT2D eigenvalue weighted by Gasteiger charge is 2.27. The molecule has 0 bridgehead atoms. The van der Waals surface area contributed by atoms with Crippen LogP contribution in [0.25, 0.3) is 0 Å². The third kappa shape index (κ3) is 5.39. The summed E-state index contributed by atoms with van der Waals surface area (Å²) in [5.74, 6) is 0.721. The van der Waals surface area contributed by atoms with Gasteiger partial charge in [-0.15, -0.1) is 0 Å². The van der Waals surface area contributed by atoms with Crippen molar-refractivity contribution in [2.24, 2.45) is 11.3 Å². The monoisotopic (exact) mass is 352 g/mol. The van der Waals surface area contributed by atoms with E-state index in [1.165, 1.54) is 38.3 Å². The van der Waals surface area contributed by atoms with Crippen LogP contribution in [-0.2, 0) is 6.54 Å². The molecule has 0 amide bonds. The zero-order valence-corrected chi connectivity index (χ0v) is 15.3. The number of rotatable bonds is 5. The van der Waals surface area contributed by atoms with E-state index in [2.05, 4.69) is 76.8 Å². The van der Waals surface area contributed by atoms with Crippen LogP contribution in [-0.4, -0.2) is 47.9 Å². The number of alkyl halides is 1. The molecule has 2 rings (SSSR count). The van der Waals surface area contributed by atoms with E-state index < -0.39 is 0 Å². The zero-order chi connectivity index (χ0) is 15.3. The summed E-state index contributed by atoms with van der Waals surface area (Å²) in [6.45, 7) is 14.1. The molecule has 2 nitrogen and oxygen atoms in total. The largest absolute Gasteiger partial charge is 0.300 e. The third-order valence-corrected chi connectivity index (χ3v) is 5.39. The first-order chi connectivity index (χ1) is 9.99. The second kappa shape index (κ2) is 7.75. The highest BCUT2D eigenvalue weighted by molar-refractivity contribution is 9.09. The number of benzene rings is 1. The minimum absolute atomic E-state index is 0.380. The molecule has 0 radical (unpaired) electrons. The Bertz CT molecular complexity index is 405. The molecule has 1 aliphatic heterocycles. The van der Waals surface area contributed by atoms with Crippen molar-refractivity contribution in [2.75, 3.05) is 38.1 Å². The molecule has 0 saturated carbocycles. The summed E-state index contributed by atoms with van der Waals surface area (Å²) in [4.78, 5) is 5.21. The molecule has 1 atom stereocenters. The van der Waals surface area contributed by atoms with Gasteiger partial charge >= 0.3 is 0 Å². The molecule has 0 spiro atoms. The van der Waals surface area contributed by atoms with Crippen LogP contribution in [0.5, 0.6) is 0 Å². The number of piperazine rings is 1. The number of hydrogen-bond donors (Lipinski definition) is 0. The lowest BCUT2D eigenvalue weighted by molar-refractivity contribution is 0.0938. The molecule has 1 heterocycles. The van der Waals surface area contributed by atoms with E-state index in [1.807, 2.05) is 0 Å². The molecule has 0 aromatic heterocycles. The normalized spacial score (nSPS) is 19.6. The maximum Gasteiger partial charge on any atom is 0.0234 e. The first-order valence-electron chi connectivity index (χ1n) is 8.03. The van der Waals surface area contributed by atoms with E-state index in [9.17, 15) is 0 Å². The topological polar surface area (TPSA) is 6.48 Å². The van der Waals surface area contributed by atoms with E-state index in [-0.39, 0.29) is 0 Å². The molecule has 1 unspecified atom stereocenters. The maximum absolute atomic E-state index is 3.70. The fraction of sp³-hybridized carbons (Fsp3) is 0.667.